The molecule has 0 unspecified atom stereocenters. The standard InChI is InChI=1S/C7H4Cl2N4O/c8-4-2-1-3-5(9)6(4)14-7-10-12-13-11-7/h1-3H,(H,10,11,12,13). The fourth-order valence-electron chi connectivity index (χ4n) is 0.867. The maximum Gasteiger partial charge on any atom is 0.361 e. The highest BCUT2D eigenvalue weighted by Crippen LogP contribution is 2.34. The first-order valence-electron chi connectivity index (χ1n) is 3.62. The van der Waals surface area contributed by atoms with Crippen molar-refractivity contribution in [1.82, 2.24) is 20.6 Å². The molecule has 0 aliphatic carbocycles. The molecule has 0 atom stereocenters. The highest BCUT2D eigenvalue weighted by atomic mass is 35.5. The summed E-state index contributed by atoms with van der Waals surface area (Å²) >= 11 is 11.7. The number of benzene rings is 1. The zero-order valence-electron chi connectivity index (χ0n) is 6.74. The van der Waals surface area contributed by atoms with Crippen LogP contribution in [0.4, 0.5) is 0 Å². The van der Waals surface area contributed by atoms with Crippen molar-refractivity contribution in [3.63, 3.8) is 0 Å². The quantitative estimate of drug-likeness (QED) is 0.861. The Morgan fingerprint density at radius 2 is 1.93 bits per heavy atom. The molecule has 7 heteroatoms. The summed E-state index contributed by atoms with van der Waals surface area (Å²) in [7, 11) is 0. The molecule has 1 heterocycles. The molecule has 14 heavy (non-hydrogen) atoms. The molecule has 72 valence electrons. The fraction of sp³-hybridized carbons (Fsp3) is 0. The van der Waals surface area contributed by atoms with Crippen LogP contribution in [-0.4, -0.2) is 20.6 Å². The van der Waals surface area contributed by atoms with Gasteiger partial charge in [0.15, 0.2) is 5.75 Å². The Bertz CT molecular complexity index is 411. The molecule has 0 fully saturated rings. The molecule has 0 bridgehead atoms. The average molecular weight is 231 g/mol. The van der Waals surface area contributed by atoms with E-state index in [-0.39, 0.29) is 6.01 Å². The number of nitrogens with one attached hydrogen (secondary N) is 1. The Kier molecular flexibility index (Phi) is 2.51. The predicted octanol–water partition coefficient (Wildman–Crippen LogP) is 2.30. The summed E-state index contributed by atoms with van der Waals surface area (Å²) in [4.78, 5) is 0. The van der Waals surface area contributed by atoms with Crippen LogP contribution in [0.5, 0.6) is 11.8 Å². The Morgan fingerprint density at radius 1 is 1.21 bits per heavy atom. The molecular formula is C7H4Cl2N4O. The third kappa shape index (κ3) is 1.78. The number of hydrogen-bond acceptors (Lipinski definition) is 4. The number of aromatic nitrogens is 4. The first-order valence-corrected chi connectivity index (χ1v) is 4.38. The summed E-state index contributed by atoms with van der Waals surface area (Å²) in [6.07, 6.45) is 0. The van der Waals surface area contributed by atoms with Gasteiger partial charge in [-0.15, -0.1) is 0 Å². The third-order valence-electron chi connectivity index (χ3n) is 1.44. The van der Waals surface area contributed by atoms with E-state index in [1.54, 1.807) is 18.2 Å². The molecule has 1 aromatic heterocycles. The van der Waals surface area contributed by atoms with Crippen molar-refractivity contribution >= 4 is 23.2 Å². The molecular weight excluding hydrogens is 227 g/mol. The van der Waals surface area contributed by atoms with Crippen LogP contribution >= 0.6 is 23.2 Å². The number of hydrogen-bond donors (Lipinski definition) is 1. The molecule has 2 rings (SSSR count). The van der Waals surface area contributed by atoms with Gasteiger partial charge in [-0.2, -0.15) is 5.21 Å². The van der Waals surface area contributed by atoms with E-state index in [0.29, 0.717) is 15.8 Å². The van der Waals surface area contributed by atoms with Crippen molar-refractivity contribution in [1.29, 1.82) is 0 Å². The molecule has 0 amide bonds. The summed E-state index contributed by atoms with van der Waals surface area (Å²) in [6, 6.07) is 5.10. The van der Waals surface area contributed by atoms with E-state index in [4.69, 9.17) is 27.9 Å². The summed E-state index contributed by atoms with van der Waals surface area (Å²) in [5, 5.41) is 13.6. The molecule has 1 N–H and O–H groups in total. The lowest BCUT2D eigenvalue weighted by Crippen LogP contribution is -1.88. The first kappa shape index (κ1) is 9.23. The Morgan fingerprint density at radius 3 is 2.50 bits per heavy atom. The van der Waals surface area contributed by atoms with Crippen molar-refractivity contribution in [2.45, 2.75) is 0 Å². The largest absolute Gasteiger partial charge is 0.419 e. The lowest BCUT2D eigenvalue weighted by molar-refractivity contribution is 0.443. The fourth-order valence-corrected chi connectivity index (χ4v) is 1.34. The Labute approximate surface area is 89.0 Å². The third-order valence-corrected chi connectivity index (χ3v) is 2.03. The second kappa shape index (κ2) is 3.81. The number of nitrogens with zero attached hydrogens (tertiary/aromatic N) is 3. The molecule has 0 aliphatic rings. The smallest absolute Gasteiger partial charge is 0.361 e. The zero-order valence-corrected chi connectivity index (χ0v) is 8.25. The van der Waals surface area contributed by atoms with Crippen LogP contribution < -0.4 is 4.74 Å². The van der Waals surface area contributed by atoms with Crippen molar-refractivity contribution < 1.29 is 4.74 Å². The Hall–Kier alpha value is -1.33. The van der Waals surface area contributed by atoms with E-state index in [2.05, 4.69) is 20.6 Å². The molecule has 1 aromatic carbocycles. The second-order valence-corrected chi connectivity index (χ2v) is 3.16. The lowest BCUT2D eigenvalue weighted by atomic mass is 10.3. The number of tetrazole rings is 1. The van der Waals surface area contributed by atoms with Crippen LogP contribution in [0.2, 0.25) is 10.0 Å². The van der Waals surface area contributed by atoms with E-state index in [1.165, 1.54) is 0 Å². The Balaban J connectivity index is 2.33. The van der Waals surface area contributed by atoms with E-state index in [9.17, 15) is 0 Å². The van der Waals surface area contributed by atoms with Gasteiger partial charge in [0.05, 0.1) is 10.0 Å². The second-order valence-electron chi connectivity index (χ2n) is 2.35. The molecule has 5 nitrogen and oxygen atoms in total. The van der Waals surface area contributed by atoms with Crippen LogP contribution in [0.1, 0.15) is 0 Å². The topological polar surface area (TPSA) is 63.7 Å². The lowest BCUT2D eigenvalue weighted by Gasteiger charge is -2.04. The molecule has 0 saturated carbocycles. The maximum atomic E-state index is 5.85. The normalized spacial score (nSPS) is 10.1. The minimum absolute atomic E-state index is 0.0694. The van der Waals surface area contributed by atoms with E-state index in [1.807, 2.05) is 0 Å². The van der Waals surface area contributed by atoms with Gasteiger partial charge < -0.3 is 4.74 Å². The van der Waals surface area contributed by atoms with Crippen molar-refractivity contribution in [2.75, 3.05) is 0 Å². The predicted molar refractivity (Wildman–Crippen MR) is 50.7 cm³/mol. The number of para-hydroxylation sites is 1. The summed E-state index contributed by atoms with van der Waals surface area (Å²) in [5.41, 5.74) is 0. The molecule has 0 saturated heterocycles. The number of H-pyrrole nitrogens is 1. The molecule has 0 radical (unpaired) electrons. The first-order chi connectivity index (χ1) is 6.77. The monoisotopic (exact) mass is 230 g/mol. The van der Waals surface area contributed by atoms with Crippen LogP contribution in [-0.2, 0) is 0 Å². The van der Waals surface area contributed by atoms with Gasteiger partial charge in [0.25, 0.3) is 0 Å². The average Bonchev–Trinajstić information content (AvgIpc) is 2.64. The van der Waals surface area contributed by atoms with E-state index in [0.717, 1.165) is 0 Å². The van der Waals surface area contributed by atoms with Gasteiger partial charge >= 0.3 is 6.01 Å². The number of aromatic amines is 1. The number of halogens is 2. The van der Waals surface area contributed by atoms with Gasteiger partial charge in [-0.3, -0.25) is 0 Å². The minimum atomic E-state index is 0.0694. The maximum absolute atomic E-state index is 5.85. The molecule has 0 spiro atoms. The van der Waals surface area contributed by atoms with Crippen LogP contribution in [0, 0.1) is 0 Å². The van der Waals surface area contributed by atoms with Gasteiger partial charge in [-0.1, -0.05) is 39.5 Å². The summed E-state index contributed by atoms with van der Waals surface area (Å²) < 4.78 is 5.20. The number of rotatable bonds is 2. The van der Waals surface area contributed by atoms with Crippen LogP contribution in [0.15, 0.2) is 18.2 Å². The van der Waals surface area contributed by atoms with E-state index >= 15 is 0 Å². The van der Waals surface area contributed by atoms with Gasteiger partial charge in [-0.25, -0.2) is 0 Å². The molecule has 2 aromatic rings. The minimum Gasteiger partial charge on any atom is -0.419 e. The zero-order chi connectivity index (χ0) is 9.97. The van der Waals surface area contributed by atoms with Crippen molar-refractivity contribution in [3.8, 4) is 11.8 Å². The summed E-state index contributed by atoms with van der Waals surface area (Å²) in [5.74, 6) is 0.317. The SMILES string of the molecule is Clc1cccc(Cl)c1Oc1nn[nH]n1. The summed E-state index contributed by atoms with van der Waals surface area (Å²) in [6.45, 7) is 0. The highest BCUT2D eigenvalue weighted by Gasteiger charge is 2.09. The number of ether oxygens (including phenoxy) is 1. The van der Waals surface area contributed by atoms with Crippen LogP contribution in [0.3, 0.4) is 0 Å². The van der Waals surface area contributed by atoms with Crippen molar-refractivity contribution in [2.24, 2.45) is 0 Å². The molecule has 0 aliphatic heterocycles. The van der Waals surface area contributed by atoms with Gasteiger partial charge in [0.2, 0.25) is 0 Å². The van der Waals surface area contributed by atoms with Crippen molar-refractivity contribution in [3.05, 3.63) is 28.2 Å². The van der Waals surface area contributed by atoms with Gasteiger partial charge in [0, 0.05) is 0 Å². The van der Waals surface area contributed by atoms with Gasteiger partial charge in [0.1, 0.15) is 0 Å². The van der Waals surface area contributed by atoms with Gasteiger partial charge in [-0.05, 0) is 17.3 Å². The highest BCUT2D eigenvalue weighted by molar-refractivity contribution is 6.37. The van der Waals surface area contributed by atoms with E-state index < -0.39 is 0 Å². The van der Waals surface area contributed by atoms with Crippen LogP contribution in [0.25, 0.3) is 0 Å².